The second-order valence-electron chi connectivity index (χ2n) is 3.79. The number of aryl methyl sites for hydroxylation is 1. The van der Waals surface area contributed by atoms with Gasteiger partial charge in [-0.15, -0.1) is 0 Å². The Labute approximate surface area is 109 Å². The molecule has 0 saturated carbocycles. The van der Waals surface area contributed by atoms with Crippen LogP contribution in [0, 0.1) is 18.4 Å². The van der Waals surface area contributed by atoms with Crippen LogP contribution in [0.15, 0.2) is 59.5 Å². The van der Waals surface area contributed by atoms with Gasteiger partial charge < -0.3 is 0 Å². The Hall–Kier alpha value is -2.12. The number of para-hydroxylation sites is 1. The van der Waals surface area contributed by atoms with Gasteiger partial charge in [-0.05, 0) is 31.2 Å². The summed E-state index contributed by atoms with van der Waals surface area (Å²) < 4.78 is 13.5. The molecule has 0 aliphatic rings. The molecule has 0 spiro atoms. The average Bonchev–Trinajstić information content (AvgIpc) is 2.41. The molecule has 0 heterocycles. The predicted octanol–water partition coefficient (Wildman–Crippen LogP) is 3.01. The Balaban J connectivity index is 2.32. The number of nitrogens with zero attached hydrogens (tertiary/aromatic N) is 2. The molecule has 0 radical (unpaired) electrons. The average molecular weight is 256 g/mol. The van der Waals surface area contributed by atoms with Gasteiger partial charge in [0.05, 0.1) is 10.6 Å². The Morgan fingerprint density at radius 1 is 1.06 bits per heavy atom. The summed E-state index contributed by atoms with van der Waals surface area (Å²) in [5, 5.41) is 9.15. The first-order valence-corrected chi connectivity index (χ1v) is 6.56. The van der Waals surface area contributed by atoms with Gasteiger partial charge in [0.1, 0.15) is 0 Å². The fraction of sp³-hybridized carbons (Fsp3) is 0.0714. The Kier molecular flexibility index (Phi) is 3.75. The number of hydrogen-bond acceptors (Lipinski definition) is 2. The summed E-state index contributed by atoms with van der Waals surface area (Å²) in [7, 11) is -1.51. The monoisotopic (exact) mass is 256 g/mol. The van der Waals surface area contributed by atoms with Crippen LogP contribution < -0.4 is 4.31 Å². The highest BCUT2D eigenvalue weighted by atomic mass is 32.2. The van der Waals surface area contributed by atoms with Crippen LogP contribution in [-0.4, -0.2) is 4.21 Å². The molecule has 4 heteroatoms. The molecule has 0 N–H and O–H groups in total. The summed E-state index contributed by atoms with van der Waals surface area (Å²) >= 11 is 0. The van der Waals surface area contributed by atoms with E-state index in [-0.39, 0.29) is 0 Å². The van der Waals surface area contributed by atoms with Crippen LogP contribution in [-0.2, 0) is 11.0 Å². The number of benzene rings is 2. The summed E-state index contributed by atoms with van der Waals surface area (Å²) in [6.07, 6.45) is 1.96. The lowest BCUT2D eigenvalue weighted by molar-refractivity contribution is 0.683. The van der Waals surface area contributed by atoms with Crippen molar-refractivity contribution >= 4 is 16.7 Å². The van der Waals surface area contributed by atoms with Gasteiger partial charge in [0.2, 0.25) is 0 Å². The second kappa shape index (κ2) is 5.48. The van der Waals surface area contributed by atoms with E-state index < -0.39 is 11.0 Å². The molecule has 3 nitrogen and oxygen atoms in total. The van der Waals surface area contributed by atoms with Crippen molar-refractivity contribution in [1.82, 2.24) is 0 Å². The lowest BCUT2D eigenvalue weighted by atomic mass is 10.2. The standard InChI is InChI=1S/C14H12N2OS/c1-12-7-9-14(10-8-12)18(17)16(11-15)13-5-3-2-4-6-13/h2-10H,1H3. The first-order chi connectivity index (χ1) is 8.72. The van der Waals surface area contributed by atoms with Gasteiger partial charge in [0, 0.05) is 0 Å². The zero-order valence-corrected chi connectivity index (χ0v) is 10.7. The minimum atomic E-state index is -1.51. The Morgan fingerprint density at radius 3 is 2.22 bits per heavy atom. The van der Waals surface area contributed by atoms with E-state index in [2.05, 4.69) is 0 Å². The van der Waals surface area contributed by atoms with Crippen LogP contribution >= 0.6 is 0 Å². The van der Waals surface area contributed by atoms with Crippen molar-refractivity contribution in [3.63, 3.8) is 0 Å². The number of nitriles is 1. The summed E-state index contributed by atoms with van der Waals surface area (Å²) in [5.41, 5.74) is 1.72. The van der Waals surface area contributed by atoms with Crippen LogP contribution in [0.3, 0.4) is 0 Å². The second-order valence-corrected chi connectivity index (χ2v) is 5.13. The van der Waals surface area contributed by atoms with E-state index in [1.54, 1.807) is 24.3 Å². The molecule has 0 aromatic heterocycles. The van der Waals surface area contributed by atoms with Crippen molar-refractivity contribution in [2.45, 2.75) is 11.8 Å². The highest BCUT2D eigenvalue weighted by molar-refractivity contribution is 7.86. The molecule has 2 rings (SSSR count). The quantitative estimate of drug-likeness (QED) is 0.626. The molecule has 0 bridgehead atoms. The summed E-state index contributed by atoms with van der Waals surface area (Å²) in [6, 6.07) is 16.3. The first-order valence-electron chi connectivity index (χ1n) is 5.46. The fourth-order valence-corrected chi connectivity index (χ4v) is 2.48. The molecule has 18 heavy (non-hydrogen) atoms. The molecule has 0 aliphatic carbocycles. The van der Waals surface area contributed by atoms with Crippen LogP contribution in [0.25, 0.3) is 0 Å². The highest BCUT2D eigenvalue weighted by Crippen LogP contribution is 2.19. The van der Waals surface area contributed by atoms with Gasteiger partial charge in [-0.3, -0.25) is 0 Å². The van der Waals surface area contributed by atoms with Gasteiger partial charge in [-0.1, -0.05) is 35.9 Å². The molecular weight excluding hydrogens is 244 g/mol. The van der Waals surface area contributed by atoms with Crippen molar-refractivity contribution in [1.29, 1.82) is 5.26 Å². The molecule has 0 fully saturated rings. The zero-order valence-electron chi connectivity index (χ0n) is 9.91. The topological polar surface area (TPSA) is 44.1 Å². The fourth-order valence-electron chi connectivity index (χ4n) is 1.51. The number of hydrogen-bond donors (Lipinski definition) is 0. The predicted molar refractivity (Wildman–Crippen MR) is 72.1 cm³/mol. The molecule has 1 unspecified atom stereocenters. The van der Waals surface area contributed by atoms with Gasteiger partial charge in [-0.25, -0.2) is 4.21 Å². The molecule has 2 aromatic carbocycles. The van der Waals surface area contributed by atoms with Gasteiger partial charge in [-0.2, -0.15) is 9.57 Å². The van der Waals surface area contributed by atoms with Crippen molar-refractivity contribution < 1.29 is 4.21 Å². The van der Waals surface area contributed by atoms with Crippen LogP contribution in [0.1, 0.15) is 5.56 Å². The van der Waals surface area contributed by atoms with Crippen LogP contribution in [0.5, 0.6) is 0 Å². The van der Waals surface area contributed by atoms with E-state index in [1.807, 2.05) is 43.4 Å². The largest absolute Gasteiger partial charge is 0.230 e. The zero-order chi connectivity index (χ0) is 13.0. The van der Waals surface area contributed by atoms with Crippen LogP contribution in [0.2, 0.25) is 0 Å². The molecule has 1 atom stereocenters. The van der Waals surface area contributed by atoms with Gasteiger partial charge >= 0.3 is 0 Å². The summed E-state index contributed by atoms with van der Waals surface area (Å²) in [4.78, 5) is 0.617. The number of anilines is 1. The van der Waals surface area contributed by atoms with Crippen molar-refractivity contribution in [2.24, 2.45) is 0 Å². The smallest absolute Gasteiger partial charge is 0.197 e. The molecule has 0 aliphatic heterocycles. The minimum absolute atomic E-state index is 0.617. The molecular formula is C14H12N2OS. The van der Waals surface area contributed by atoms with Gasteiger partial charge in [0.25, 0.3) is 0 Å². The molecule has 90 valence electrons. The normalized spacial score (nSPS) is 11.6. The Morgan fingerprint density at radius 2 is 1.67 bits per heavy atom. The van der Waals surface area contributed by atoms with Crippen molar-refractivity contribution in [2.75, 3.05) is 4.31 Å². The maximum absolute atomic E-state index is 12.3. The van der Waals surface area contributed by atoms with Crippen molar-refractivity contribution in [3.05, 3.63) is 60.2 Å². The maximum atomic E-state index is 12.3. The third-order valence-electron chi connectivity index (χ3n) is 2.47. The van der Waals surface area contributed by atoms with E-state index in [0.29, 0.717) is 10.6 Å². The summed E-state index contributed by atoms with van der Waals surface area (Å²) in [5.74, 6) is 0. The van der Waals surface area contributed by atoms with Gasteiger partial charge in [0.15, 0.2) is 17.2 Å². The van der Waals surface area contributed by atoms with Crippen molar-refractivity contribution in [3.8, 4) is 6.19 Å². The number of rotatable bonds is 3. The molecule has 0 saturated heterocycles. The van der Waals surface area contributed by atoms with E-state index in [0.717, 1.165) is 5.56 Å². The third-order valence-corrected chi connectivity index (χ3v) is 3.77. The maximum Gasteiger partial charge on any atom is 0.197 e. The lowest BCUT2D eigenvalue weighted by Crippen LogP contribution is -2.19. The van der Waals surface area contributed by atoms with Crippen LogP contribution in [0.4, 0.5) is 5.69 Å². The highest BCUT2D eigenvalue weighted by Gasteiger charge is 2.15. The SMILES string of the molecule is Cc1ccc(S(=O)N(C#N)c2ccccc2)cc1. The minimum Gasteiger partial charge on any atom is -0.230 e. The third kappa shape index (κ3) is 2.58. The lowest BCUT2D eigenvalue weighted by Gasteiger charge is -2.14. The van der Waals surface area contributed by atoms with E-state index >= 15 is 0 Å². The summed E-state index contributed by atoms with van der Waals surface area (Å²) in [6.45, 7) is 1.96. The van der Waals surface area contributed by atoms with E-state index in [9.17, 15) is 4.21 Å². The van der Waals surface area contributed by atoms with E-state index in [1.165, 1.54) is 4.31 Å². The Bertz CT molecular complexity index is 587. The molecule has 0 amide bonds. The molecule has 2 aromatic rings. The first kappa shape index (κ1) is 12.3. The van der Waals surface area contributed by atoms with E-state index in [4.69, 9.17) is 5.26 Å².